The van der Waals surface area contributed by atoms with E-state index >= 15 is 4.39 Å². The predicted octanol–water partition coefficient (Wildman–Crippen LogP) is 2.41. The monoisotopic (exact) mass is 381 g/mol. The van der Waals surface area contributed by atoms with Gasteiger partial charge in [-0.15, -0.1) is 0 Å². The third kappa shape index (κ3) is 2.85. The highest BCUT2D eigenvalue weighted by atomic mass is 19.1. The summed E-state index contributed by atoms with van der Waals surface area (Å²) in [5.41, 5.74) is 5.95. The van der Waals surface area contributed by atoms with Crippen LogP contribution in [0.2, 0.25) is 0 Å². The van der Waals surface area contributed by atoms with E-state index in [9.17, 15) is 9.18 Å². The number of nitriles is 1. The number of hydrogen-bond acceptors (Lipinski definition) is 5. The van der Waals surface area contributed by atoms with Crippen LogP contribution in [0, 0.1) is 17.1 Å². The van der Waals surface area contributed by atoms with Crippen LogP contribution in [0.25, 0.3) is 0 Å². The molecule has 1 amide bonds. The maximum atomic E-state index is 15.2. The molecule has 2 aromatic rings. The zero-order valence-electron chi connectivity index (χ0n) is 14.8. The van der Waals surface area contributed by atoms with Crippen molar-refractivity contribution in [2.75, 3.05) is 18.4 Å². The maximum Gasteiger partial charge on any atom is 0.253 e. The summed E-state index contributed by atoms with van der Waals surface area (Å²) in [5, 5.41) is 11.8. The van der Waals surface area contributed by atoms with E-state index in [4.69, 9.17) is 11.0 Å². The molecule has 0 bridgehead atoms. The second-order valence-corrected chi connectivity index (χ2v) is 6.87. The molecule has 4 rings (SSSR count). The lowest BCUT2D eigenvalue weighted by molar-refractivity contribution is 0.0494. The van der Waals surface area contributed by atoms with Crippen LogP contribution in [-0.4, -0.2) is 41.6 Å². The summed E-state index contributed by atoms with van der Waals surface area (Å²) in [7, 11) is 0. The highest BCUT2D eigenvalue weighted by molar-refractivity contribution is 6.04. The summed E-state index contributed by atoms with van der Waals surface area (Å²) < 4.78 is 29.2. The van der Waals surface area contributed by atoms with Crippen molar-refractivity contribution in [1.82, 2.24) is 4.90 Å². The van der Waals surface area contributed by atoms with Gasteiger partial charge in [-0.05, 0) is 36.4 Å². The van der Waals surface area contributed by atoms with Crippen LogP contribution in [0.3, 0.4) is 0 Å². The first-order valence-corrected chi connectivity index (χ1v) is 8.79. The van der Waals surface area contributed by atoms with Gasteiger partial charge in [0.1, 0.15) is 11.7 Å². The van der Waals surface area contributed by atoms with E-state index < -0.39 is 17.7 Å². The smallest absolute Gasteiger partial charge is 0.253 e. The van der Waals surface area contributed by atoms with Crippen LogP contribution in [0.1, 0.15) is 27.9 Å². The number of amides is 1. The van der Waals surface area contributed by atoms with E-state index in [1.165, 1.54) is 17.0 Å². The van der Waals surface area contributed by atoms with Crippen molar-refractivity contribution in [2.24, 2.45) is 10.7 Å². The van der Waals surface area contributed by atoms with Gasteiger partial charge in [-0.1, -0.05) is 6.07 Å². The lowest BCUT2D eigenvalue weighted by Crippen LogP contribution is -2.59. The summed E-state index contributed by atoms with van der Waals surface area (Å²) in [4.78, 5) is 18.3. The fourth-order valence-corrected chi connectivity index (χ4v) is 3.64. The molecule has 0 saturated carbocycles. The summed E-state index contributed by atoms with van der Waals surface area (Å²) in [6, 6.07) is 12.6. The van der Waals surface area contributed by atoms with Crippen LogP contribution in [0.4, 0.5) is 14.5 Å². The molecule has 1 fully saturated rings. The Hall–Kier alpha value is -3.47. The van der Waals surface area contributed by atoms with E-state index in [-0.39, 0.29) is 36.8 Å². The third-order valence-electron chi connectivity index (χ3n) is 5.15. The molecule has 0 aliphatic carbocycles. The number of benzene rings is 2. The normalized spacial score (nSPS) is 23.4. The molecule has 2 aromatic carbocycles. The topological polar surface area (TPSA) is 94.5 Å². The summed E-state index contributed by atoms with van der Waals surface area (Å²) in [6.45, 7) is 0.0843. The van der Waals surface area contributed by atoms with E-state index in [0.717, 1.165) is 0 Å². The number of hydrogen-bond donors (Lipinski definition) is 2. The summed E-state index contributed by atoms with van der Waals surface area (Å²) in [6.07, 6.45) is -1.34. The Morgan fingerprint density at radius 2 is 2.07 bits per heavy atom. The number of likely N-dealkylation sites (tertiary alicyclic amines) is 1. The minimum atomic E-state index is -1.53. The van der Waals surface area contributed by atoms with Crippen LogP contribution < -0.4 is 11.1 Å². The van der Waals surface area contributed by atoms with Crippen molar-refractivity contribution >= 4 is 17.4 Å². The average molecular weight is 381 g/mol. The molecule has 2 atom stereocenters. The van der Waals surface area contributed by atoms with Gasteiger partial charge in [0.25, 0.3) is 5.91 Å². The fraction of sp³-hybridized carbons (Fsp3) is 0.250. The van der Waals surface area contributed by atoms with E-state index in [1.807, 2.05) is 6.07 Å². The molecule has 8 heteroatoms. The van der Waals surface area contributed by atoms with Gasteiger partial charge in [0, 0.05) is 24.2 Å². The number of nitrogens with one attached hydrogen (secondary N) is 1. The number of carbonyl (C=O) groups is 1. The van der Waals surface area contributed by atoms with Crippen molar-refractivity contribution < 1.29 is 13.6 Å². The molecule has 1 saturated heterocycles. The number of nitrogens with zero attached hydrogens (tertiary/aromatic N) is 3. The van der Waals surface area contributed by atoms with Crippen molar-refractivity contribution in [2.45, 2.75) is 18.3 Å². The lowest BCUT2D eigenvalue weighted by Gasteiger charge is -2.44. The zero-order valence-corrected chi connectivity index (χ0v) is 14.8. The Kier molecular flexibility index (Phi) is 4.23. The molecule has 2 aliphatic heterocycles. The first kappa shape index (κ1) is 17.9. The standard InChI is InChI=1S/C20H17F2N5O/c21-14-2-1-3-15-17(14)18(24)26-20(25-15)8-9-27(11-16(20)22)19(28)13-6-4-12(10-23)5-7-13/h1-7,16,25H,8-9,11H2,(H2,24,26)/t16-,20+/m0/s1. The number of amidine groups is 1. The van der Waals surface area contributed by atoms with E-state index in [2.05, 4.69) is 10.3 Å². The Bertz CT molecular complexity index is 1010. The molecule has 2 heterocycles. The number of anilines is 1. The third-order valence-corrected chi connectivity index (χ3v) is 5.15. The molecular formula is C20H17F2N5O. The SMILES string of the molecule is N#Cc1ccc(C(=O)N2CC[C@@]3(N=C(N)c4c(F)cccc4N3)[C@@H](F)C2)cc1. The molecular weight excluding hydrogens is 364 g/mol. The average Bonchev–Trinajstić information content (AvgIpc) is 2.69. The number of rotatable bonds is 1. The minimum absolute atomic E-state index is 0.0543. The van der Waals surface area contributed by atoms with Crippen molar-refractivity contribution in [3.05, 3.63) is 65.0 Å². The molecule has 0 aromatic heterocycles. The molecule has 3 N–H and O–H groups in total. The number of halogens is 2. The van der Waals surface area contributed by atoms with Crippen LogP contribution in [0.15, 0.2) is 47.5 Å². The van der Waals surface area contributed by atoms with Gasteiger partial charge in [-0.25, -0.2) is 13.8 Å². The Balaban J connectivity index is 1.55. The molecule has 0 unspecified atom stereocenters. The quantitative estimate of drug-likeness (QED) is 0.793. The van der Waals surface area contributed by atoms with Crippen LogP contribution in [0.5, 0.6) is 0 Å². The lowest BCUT2D eigenvalue weighted by atomic mass is 9.91. The van der Waals surface area contributed by atoms with Crippen molar-refractivity contribution in [1.29, 1.82) is 5.26 Å². The number of aliphatic imine (C=N–C) groups is 1. The number of piperidine rings is 1. The molecule has 2 aliphatic rings. The molecule has 6 nitrogen and oxygen atoms in total. The zero-order chi connectivity index (χ0) is 19.9. The van der Waals surface area contributed by atoms with Gasteiger partial charge < -0.3 is 16.0 Å². The van der Waals surface area contributed by atoms with E-state index in [1.54, 1.807) is 30.3 Å². The van der Waals surface area contributed by atoms with Gasteiger partial charge in [-0.2, -0.15) is 5.26 Å². The second-order valence-electron chi connectivity index (χ2n) is 6.87. The Labute approximate surface area is 160 Å². The highest BCUT2D eigenvalue weighted by Gasteiger charge is 2.47. The van der Waals surface area contributed by atoms with Gasteiger partial charge in [-0.3, -0.25) is 4.79 Å². The molecule has 142 valence electrons. The molecule has 28 heavy (non-hydrogen) atoms. The predicted molar refractivity (Wildman–Crippen MR) is 100 cm³/mol. The number of alkyl halides is 1. The largest absolute Gasteiger partial charge is 0.383 e. The highest BCUT2D eigenvalue weighted by Crippen LogP contribution is 2.36. The second kappa shape index (κ2) is 6.60. The van der Waals surface area contributed by atoms with Gasteiger partial charge in [0.05, 0.1) is 23.7 Å². The fourth-order valence-electron chi connectivity index (χ4n) is 3.64. The number of fused-ring (bicyclic) bond motifs is 1. The first-order valence-electron chi connectivity index (χ1n) is 8.79. The van der Waals surface area contributed by atoms with Crippen LogP contribution >= 0.6 is 0 Å². The molecule has 0 radical (unpaired) electrons. The van der Waals surface area contributed by atoms with Crippen LogP contribution in [-0.2, 0) is 0 Å². The summed E-state index contributed by atoms with van der Waals surface area (Å²) >= 11 is 0. The van der Waals surface area contributed by atoms with Gasteiger partial charge in [0.2, 0.25) is 0 Å². The minimum Gasteiger partial charge on any atom is -0.383 e. The van der Waals surface area contributed by atoms with E-state index in [0.29, 0.717) is 16.8 Å². The maximum absolute atomic E-state index is 15.2. The van der Waals surface area contributed by atoms with Crippen molar-refractivity contribution in [3.8, 4) is 6.07 Å². The Morgan fingerprint density at radius 3 is 2.75 bits per heavy atom. The number of nitrogens with two attached hydrogens (primary N) is 1. The van der Waals surface area contributed by atoms with Gasteiger partial charge >= 0.3 is 0 Å². The van der Waals surface area contributed by atoms with Crippen molar-refractivity contribution in [3.63, 3.8) is 0 Å². The van der Waals surface area contributed by atoms with Gasteiger partial charge in [0.15, 0.2) is 11.8 Å². The first-order chi connectivity index (χ1) is 13.4. The summed E-state index contributed by atoms with van der Waals surface area (Å²) in [5.74, 6) is -0.896. The molecule has 1 spiro atoms. The Morgan fingerprint density at radius 1 is 1.32 bits per heavy atom. The number of carbonyl (C=O) groups excluding carboxylic acids is 1.